The highest BCUT2D eigenvalue weighted by molar-refractivity contribution is 6.09. The highest BCUT2D eigenvalue weighted by Gasteiger charge is 2.11. The van der Waals surface area contributed by atoms with Gasteiger partial charge in [-0.05, 0) is 61.9 Å². The molecule has 0 bridgehead atoms. The van der Waals surface area contributed by atoms with Crippen LogP contribution in [0, 0.1) is 11.3 Å². The van der Waals surface area contributed by atoms with Gasteiger partial charge in [0.25, 0.3) is 5.91 Å². The highest BCUT2D eigenvalue weighted by Crippen LogP contribution is 2.16. The van der Waals surface area contributed by atoms with Crippen LogP contribution in [0.1, 0.15) is 29.8 Å². The third-order valence-electron chi connectivity index (χ3n) is 3.91. The van der Waals surface area contributed by atoms with Gasteiger partial charge in [0.15, 0.2) is 0 Å². The van der Waals surface area contributed by atoms with Gasteiger partial charge in [-0.3, -0.25) is 4.79 Å². The Morgan fingerprint density at radius 3 is 2.30 bits per heavy atom. The lowest BCUT2D eigenvalue weighted by Crippen LogP contribution is -2.14. The van der Waals surface area contributed by atoms with Crippen LogP contribution in [-0.4, -0.2) is 38.3 Å². The van der Waals surface area contributed by atoms with E-state index in [1.165, 1.54) is 6.08 Å². The molecule has 0 saturated heterocycles. The number of hydrogen-bond donors (Lipinski definition) is 1. The molecule has 2 aromatic carbocycles. The van der Waals surface area contributed by atoms with Crippen molar-refractivity contribution in [3.8, 4) is 11.8 Å². The van der Waals surface area contributed by atoms with Gasteiger partial charge >= 0.3 is 5.97 Å². The number of nitrogens with zero attached hydrogens (tertiary/aromatic N) is 1. The third-order valence-corrected chi connectivity index (χ3v) is 3.91. The number of anilines is 1. The number of nitrogens with one attached hydrogen (secondary N) is 1. The van der Waals surface area contributed by atoms with Gasteiger partial charge in [-0.15, -0.1) is 0 Å². The molecule has 30 heavy (non-hydrogen) atoms. The Bertz CT molecular complexity index is 912. The van der Waals surface area contributed by atoms with Crippen LogP contribution < -0.4 is 10.1 Å². The van der Waals surface area contributed by atoms with Gasteiger partial charge in [0.05, 0.1) is 18.8 Å². The second-order valence-corrected chi connectivity index (χ2v) is 6.04. The zero-order chi connectivity index (χ0) is 21.8. The Kier molecular flexibility index (Phi) is 9.10. The number of hydrogen-bond acceptors (Lipinski definition) is 6. The first kappa shape index (κ1) is 22.7. The lowest BCUT2D eigenvalue weighted by Gasteiger charge is -2.07. The lowest BCUT2D eigenvalue weighted by atomic mass is 10.1. The Hall–Kier alpha value is -3.63. The first-order valence-corrected chi connectivity index (χ1v) is 9.58. The first-order chi connectivity index (χ1) is 14.6. The molecule has 0 saturated carbocycles. The molecule has 0 aliphatic rings. The molecule has 0 aromatic heterocycles. The predicted octanol–water partition coefficient (Wildman–Crippen LogP) is 3.82. The second-order valence-electron chi connectivity index (χ2n) is 6.04. The van der Waals surface area contributed by atoms with E-state index in [4.69, 9.17) is 14.2 Å². The van der Waals surface area contributed by atoms with Crippen molar-refractivity contribution in [1.29, 1.82) is 5.26 Å². The van der Waals surface area contributed by atoms with Gasteiger partial charge in [0.2, 0.25) is 0 Å². The van der Waals surface area contributed by atoms with Crippen LogP contribution in [0.25, 0.3) is 6.08 Å². The van der Waals surface area contributed by atoms with Gasteiger partial charge in [-0.1, -0.05) is 12.1 Å². The number of amides is 1. The summed E-state index contributed by atoms with van der Waals surface area (Å²) in [5, 5.41) is 12.0. The van der Waals surface area contributed by atoms with Crippen molar-refractivity contribution in [3.63, 3.8) is 0 Å². The van der Waals surface area contributed by atoms with Crippen molar-refractivity contribution >= 4 is 23.6 Å². The minimum absolute atomic E-state index is 0.0430. The molecule has 1 amide bonds. The highest BCUT2D eigenvalue weighted by atomic mass is 16.6. The smallest absolute Gasteiger partial charge is 0.338 e. The number of ether oxygens (including phenoxy) is 3. The number of rotatable bonds is 10. The van der Waals surface area contributed by atoms with Crippen molar-refractivity contribution in [2.45, 2.75) is 13.8 Å². The molecular formula is C23H24N2O5. The largest absolute Gasteiger partial charge is 0.494 e. The van der Waals surface area contributed by atoms with Crippen LogP contribution in [0.5, 0.6) is 5.75 Å². The van der Waals surface area contributed by atoms with Crippen molar-refractivity contribution in [3.05, 3.63) is 65.2 Å². The van der Waals surface area contributed by atoms with Crippen LogP contribution >= 0.6 is 0 Å². The molecule has 0 heterocycles. The quantitative estimate of drug-likeness (QED) is 0.278. The van der Waals surface area contributed by atoms with E-state index in [1.54, 1.807) is 48.5 Å². The summed E-state index contributed by atoms with van der Waals surface area (Å²) in [5.74, 6) is -0.298. The van der Waals surface area contributed by atoms with E-state index in [-0.39, 0.29) is 12.2 Å². The van der Waals surface area contributed by atoms with Gasteiger partial charge in [0.1, 0.15) is 24.0 Å². The Morgan fingerprint density at radius 1 is 1.00 bits per heavy atom. The molecule has 0 aliphatic carbocycles. The van der Waals surface area contributed by atoms with Crippen LogP contribution in [-0.2, 0) is 14.3 Å². The Morgan fingerprint density at radius 2 is 1.70 bits per heavy atom. The molecule has 0 atom stereocenters. The summed E-state index contributed by atoms with van der Waals surface area (Å²) in [6.45, 7) is 5.39. The summed E-state index contributed by atoms with van der Waals surface area (Å²) in [7, 11) is 0. The number of esters is 1. The predicted molar refractivity (Wildman–Crippen MR) is 113 cm³/mol. The first-order valence-electron chi connectivity index (χ1n) is 9.58. The van der Waals surface area contributed by atoms with Crippen molar-refractivity contribution < 1.29 is 23.8 Å². The van der Waals surface area contributed by atoms with E-state index >= 15 is 0 Å². The molecule has 0 spiro atoms. The van der Waals surface area contributed by atoms with Crippen LogP contribution in [0.15, 0.2) is 54.1 Å². The van der Waals surface area contributed by atoms with Gasteiger partial charge < -0.3 is 19.5 Å². The molecule has 0 aliphatic heterocycles. The minimum Gasteiger partial charge on any atom is -0.494 e. The van der Waals surface area contributed by atoms with E-state index in [9.17, 15) is 14.9 Å². The second kappa shape index (κ2) is 12.0. The number of carbonyl (C=O) groups excluding carboxylic acids is 2. The van der Waals surface area contributed by atoms with E-state index in [1.807, 2.05) is 19.9 Å². The summed E-state index contributed by atoms with van der Waals surface area (Å²) in [4.78, 5) is 24.3. The fourth-order valence-electron chi connectivity index (χ4n) is 2.45. The standard InChI is InChI=1S/C23H24N2O5/c1-3-28-13-14-30-23(27)18-7-9-20(10-8-18)25-22(26)19(16-24)15-17-5-11-21(12-6-17)29-4-2/h5-12,15H,3-4,13-14H2,1-2H3,(H,25,26)/b19-15+. The molecule has 0 unspecified atom stereocenters. The SMILES string of the molecule is CCOCCOC(=O)c1ccc(NC(=O)/C(C#N)=C/c2ccc(OCC)cc2)cc1. The molecule has 2 rings (SSSR count). The van der Waals surface area contributed by atoms with Gasteiger partial charge in [-0.2, -0.15) is 5.26 Å². The van der Waals surface area contributed by atoms with E-state index in [0.717, 1.165) is 0 Å². The van der Waals surface area contributed by atoms with E-state index in [2.05, 4.69) is 5.32 Å². The molecular weight excluding hydrogens is 384 g/mol. The van der Waals surface area contributed by atoms with Gasteiger partial charge in [0, 0.05) is 12.3 Å². The molecule has 7 nitrogen and oxygen atoms in total. The molecule has 2 aromatic rings. The monoisotopic (exact) mass is 408 g/mol. The average molecular weight is 408 g/mol. The van der Waals surface area contributed by atoms with Crippen LogP contribution in [0.2, 0.25) is 0 Å². The zero-order valence-electron chi connectivity index (χ0n) is 17.0. The summed E-state index contributed by atoms with van der Waals surface area (Å²) in [6.07, 6.45) is 1.50. The van der Waals surface area contributed by atoms with Crippen LogP contribution in [0.4, 0.5) is 5.69 Å². The number of carbonyl (C=O) groups is 2. The number of benzene rings is 2. The lowest BCUT2D eigenvalue weighted by molar-refractivity contribution is -0.112. The summed E-state index contributed by atoms with van der Waals surface area (Å²) < 4.78 is 15.6. The van der Waals surface area contributed by atoms with Crippen molar-refractivity contribution in [2.24, 2.45) is 0 Å². The fourth-order valence-corrected chi connectivity index (χ4v) is 2.45. The number of nitriles is 1. The molecule has 0 fully saturated rings. The summed E-state index contributed by atoms with van der Waals surface area (Å²) >= 11 is 0. The average Bonchev–Trinajstić information content (AvgIpc) is 2.76. The molecule has 156 valence electrons. The Labute approximate surface area is 175 Å². The van der Waals surface area contributed by atoms with Crippen molar-refractivity contribution in [2.75, 3.05) is 31.7 Å². The summed E-state index contributed by atoms with van der Waals surface area (Å²) in [5.41, 5.74) is 1.47. The minimum atomic E-state index is -0.543. The van der Waals surface area contributed by atoms with E-state index < -0.39 is 11.9 Å². The van der Waals surface area contributed by atoms with E-state index in [0.29, 0.717) is 42.4 Å². The molecule has 7 heteroatoms. The zero-order valence-corrected chi connectivity index (χ0v) is 17.0. The van der Waals surface area contributed by atoms with Crippen LogP contribution in [0.3, 0.4) is 0 Å². The molecule has 0 radical (unpaired) electrons. The van der Waals surface area contributed by atoms with Crippen molar-refractivity contribution in [1.82, 2.24) is 0 Å². The maximum absolute atomic E-state index is 12.4. The fraction of sp³-hybridized carbons (Fsp3) is 0.261. The maximum Gasteiger partial charge on any atom is 0.338 e. The topological polar surface area (TPSA) is 97.6 Å². The molecule has 1 N–H and O–H groups in total. The normalized spacial score (nSPS) is 10.8. The summed E-state index contributed by atoms with van der Waals surface area (Å²) in [6, 6.07) is 15.2. The maximum atomic E-state index is 12.4. The van der Waals surface area contributed by atoms with Gasteiger partial charge in [-0.25, -0.2) is 4.79 Å². The third kappa shape index (κ3) is 7.08. The Balaban J connectivity index is 1.98.